The first-order valence-electron chi connectivity index (χ1n) is 5.68. The maximum atomic E-state index is 6.07. The fourth-order valence-corrected chi connectivity index (χ4v) is 3.61. The third-order valence-electron chi connectivity index (χ3n) is 3.06. The first kappa shape index (κ1) is 11.1. The zero-order chi connectivity index (χ0) is 11.7. The van der Waals surface area contributed by atoms with Gasteiger partial charge in [0.25, 0.3) is 0 Å². The largest absolute Gasteiger partial charge is 0.265 e. The number of hydrogen-bond donors (Lipinski definition) is 0. The van der Waals surface area contributed by atoms with Gasteiger partial charge in [0.15, 0.2) is 0 Å². The molecule has 1 atom stereocenters. The van der Waals surface area contributed by atoms with E-state index in [9.17, 15) is 0 Å². The molecule has 2 aromatic rings. The second-order valence-corrected chi connectivity index (χ2v) is 5.88. The van der Waals surface area contributed by atoms with Crippen LogP contribution in [0.2, 0.25) is 5.02 Å². The van der Waals surface area contributed by atoms with Crippen LogP contribution in [-0.2, 0) is 6.42 Å². The summed E-state index contributed by atoms with van der Waals surface area (Å²) in [5.41, 5.74) is 2.85. The molecule has 1 aliphatic carbocycles. The number of thioether (sulfide) groups is 1. The average Bonchev–Trinajstić information content (AvgIpc) is 2.73. The summed E-state index contributed by atoms with van der Waals surface area (Å²) in [4.78, 5) is 5.32. The Balaban J connectivity index is 1.86. The first-order valence-corrected chi connectivity index (χ1v) is 6.94. The molecular weight excluding hydrogens is 250 g/mol. The number of aromatic nitrogens is 1. The molecule has 1 aromatic carbocycles. The lowest BCUT2D eigenvalue weighted by molar-refractivity contribution is 0.890. The Morgan fingerprint density at radius 2 is 2.00 bits per heavy atom. The van der Waals surface area contributed by atoms with Crippen LogP contribution >= 0.6 is 23.4 Å². The molecule has 0 N–H and O–H groups in total. The van der Waals surface area contributed by atoms with E-state index in [-0.39, 0.29) is 0 Å². The highest BCUT2D eigenvalue weighted by atomic mass is 35.5. The van der Waals surface area contributed by atoms with Crippen molar-refractivity contribution in [3.8, 4) is 0 Å². The van der Waals surface area contributed by atoms with Gasteiger partial charge in [0.1, 0.15) is 0 Å². The quantitative estimate of drug-likeness (QED) is 0.789. The van der Waals surface area contributed by atoms with E-state index in [1.54, 1.807) is 0 Å². The van der Waals surface area contributed by atoms with Gasteiger partial charge >= 0.3 is 0 Å². The third-order valence-corrected chi connectivity index (χ3v) is 4.61. The Labute approximate surface area is 110 Å². The summed E-state index contributed by atoms with van der Waals surface area (Å²) in [5, 5.41) is 1.37. The number of nitrogens with zero attached hydrogens (tertiary/aromatic N) is 1. The van der Waals surface area contributed by atoms with E-state index in [0.29, 0.717) is 5.25 Å². The molecule has 0 spiro atoms. The van der Waals surface area contributed by atoms with Crippen molar-refractivity contribution in [2.24, 2.45) is 0 Å². The van der Waals surface area contributed by atoms with Gasteiger partial charge in [-0.15, -0.1) is 11.8 Å². The monoisotopic (exact) mass is 261 g/mol. The number of fused-ring (bicyclic) bond motifs is 1. The molecule has 1 aromatic heterocycles. The summed E-state index contributed by atoms with van der Waals surface area (Å²) in [6.07, 6.45) is 6.05. The molecule has 3 heteroatoms. The molecule has 1 heterocycles. The van der Waals surface area contributed by atoms with Crippen molar-refractivity contribution in [2.45, 2.75) is 23.0 Å². The molecule has 0 saturated carbocycles. The summed E-state index contributed by atoms with van der Waals surface area (Å²) in [7, 11) is 0. The van der Waals surface area contributed by atoms with E-state index in [0.717, 1.165) is 11.4 Å². The molecule has 0 amide bonds. The predicted octanol–water partition coefficient (Wildman–Crippen LogP) is 4.51. The summed E-state index contributed by atoms with van der Waals surface area (Å²) < 4.78 is 0. The van der Waals surface area contributed by atoms with E-state index < -0.39 is 0 Å². The van der Waals surface area contributed by atoms with Gasteiger partial charge in [-0.25, -0.2) is 0 Å². The fourth-order valence-electron chi connectivity index (χ4n) is 2.24. The second-order valence-electron chi connectivity index (χ2n) is 4.17. The molecule has 0 saturated heterocycles. The van der Waals surface area contributed by atoms with E-state index in [1.807, 2.05) is 30.2 Å². The Morgan fingerprint density at radius 3 is 2.82 bits per heavy atom. The van der Waals surface area contributed by atoms with E-state index in [1.165, 1.54) is 22.4 Å². The van der Waals surface area contributed by atoms with Crippen LogP contribution in [-0.4, -0.2) is 4.98 Å². The van der Waals surface area contributed by atoms with Crippen LogP contribution in [0.4, 0.5) is 0 Å². The predicted molar refractivity (Wildman–Crippen MR) is 72.6 cm³/mol. The number of halogens is 1. The molecule has 3 rings (SSSR count). The summed E-state index contributed by atoms with van der Waals surface area (Å²) in [5.74, 6) is 0. The van der Waals surface area contributed by atoms with Crippen molar-refractivity contribution in [1.29, 1.82) is 0 Å². The zero-order valence-corrected chi connectivity index (χ0v) is 10.8. The molecule has 86 valence electrons. The number of rotatable bonds is 2. The van der Waals surface area contributed by atoms with Crippen molar-refractivity contribution >= 4 is 23.4 Å². The smallest absolute Gasteiger partial charge is 0.0409 e. The Morgan fingerprint density at radius 1 is 1.18 bits per heavy atom. The number of hydrogen-bond acceptors (Lipinski definition) is 2. The van der Waals surface area contributed by atoms with Crippen molar-refractivity contribution in [3.63, 3.8) is 0 Å². The molecule has 1 unspecified atom stereocenters. The minimum atomic E-state index is 0.533. The summed E-state index contributed by atoms with van der Waals surface area (Å²) >= 11 is 7.98. The van der Waals surface area contributed by atoms with Crippen molar-refractivity contribution in [3.05, 3.63) is 58.9 Å². The van der Waals surface area contributed by atoms with Crippen LogP contribution in [0.1, 0.15) is 22.8 Å². The van der Waals surface area contributed by atoms with Gasteiger partial charge in [0.2, 0.25) is 0 Å². The van der Waals surface area contributed by atoms with Crippen LogP contribution in [0.25, 0.3) is 0 Å². The van der Waals surface area contributed by atoms with Gasteiger partial charge in [-0.05, 0) is 48.2 Å². The number of aryl methyl sites for hydroxylation is 1. The molecular formula is C14H12ClNS. The number of pyridine rings is 1. The number of benzene rings is 1. The maximum Gasteiger partial charge on any atom is 0.0409 e. The lowest BCUT2D eigenvalue weighted by atomic mass is 10.1. The fraction of sp³-hybridized carbons (Fsp3) is 0.214. The SMILES string of the molecule is Clc1ccc2c(c1)C(Sc1ccncc1)CC2. The highest BCUT2D eigenvalue weighted by Gasteiger charge is 2.23. The van der Waals surface area contributed by atoms with Gasteiger partial charge in [0, 0.05) is 27.6 Å². The van der Waals surface area contributed by atoms with Gasteiger partial charge in [-0.3, -0.25) is 4.98 Å². The highest BCUT2D eigenvalue weighted by molar-refractivity contribution is 7.99. The van der Waals surface area contributed by atoms with Crippen LogP contribution in [0, 0.1) is 0 Å². The van der Waals surface area contributed by atoms with Crippen molar-refractivity contribution < 1.29 is 0 Å². The van der Waals surface area contributed by atoms with Crippen LogP contribution in [0.3, 0.4) is 0 Å². The van der Waals surface area contributed by atoms with Crippen LogP contribution in [0.15, 0.2) is 47.6 Å². The van der Waals surface area contributed by atoms with E-state index in [2.05, 4.69) is 29.2 Å². The second kappa shape index (κ2) is 4.71. The normalized spacial score (nSPS) is 18.1. The summed E-state index contributed by atoms with van der Waals surface area (Å²) in [6.45, 7) is 0. The topological polar surface area (TPSA) is 12.9 Å². The van der Waals surface area contributed by atoms with E-state index in [4.69, 9.17) is 11.6 Å². The van der Waals surface area contributed by atoms with Gasteiger partial charge < -0.3 is 0 Å². The maximum absolute atomic E-state index is 6.07. The molecule has 0 fully saturated rings. The Bertz CT molecular complexity index is 527. The van der Waals surface area contributed by atoms with Gasteiger partial charge in [-0.2, -0.15) is 0 Å². The van der Waals surface area contributed by atoms with Crippen LogP contribution in [0.5, 0.6) is 0 Å². The van der Waals surface area contributed by atoms with Gasteiger partial charge in [-0.1, -0.05) is 17.7 Å². The molecule has 1 nitrogen and oxygen atoms in total. The summed E-state index contributed by atoms with van der Waals surface area (Å²) in [6, 6.07) is 10.4. The highest BCUT2D eigenvalue weighted by Crippen LogP contribution is 2.45. The van der Waals surface area contributed by atoms with Crippen LogP contribution < -0.4 is 0 Å². The first-order chi connectivity index (χ1) is 8.33. The van der Waals surface area contributed by atoms with Gasteiger partial charge in [0.05, 0.1) is 0 Å². The molecule has 1 aliphatic rings. The standard InChI is InChI=1S/C14H12ClNS/c15-11-3-1-10-2-4-14(13(10)9-11)17-12-5-7-16-8-6-12/h1,3,5-9,14H,2,4H2. The minimum absolute atomic E-state index is 0.533. The van der Waals surface area contributed by atoms with Crippen molar-refractivity contribution in [1.82, 2.24) is 4.98 Å². The molecule has 17 heavy (non-hydrogen) atoms. The molecule has 0 aliphatic heterocycles. The van der Waals surface area contributed by atoms with E-state index >= 15 is 0 Å². The Hall–Kier alpha value is -0.990. The Kier molecular flexibility index (Phi) is 3.08. The minimum Gasteiger partial charge on any atom is -0.265 e. The molecule has 0 radical (unpaired) electrons. The molecule has 0 bridgehead atoms. The van der Waals surface area contributed by atoms with Crippen molar-refractivity contribution in [2.75, 3.05) is 0 Å². The lowest BCUT2D eigenvalue weighted by Crippen LogP contribution is -1.88. The zero-order valence-electron chi connectivity index (χ0n) is 9.27. The third kappa shape index (κ3) is 2.33. The average molecular weight is 262 g/mol. The lowest BCUT2D eigenvalue weighted by Gasteiger charge is -2.11.